The summed E-state index contributed by atoms with van der Waals surface area (Å²) in [6, 6.07) is 0. The van der Waals surface area contributed by atoms with Crippen molar-refractivity contribution in [2.75, 3.05) is 6.54 Å². The van der Waals surface area contributed by atoms with Gasteiger partial charge in [-0.05, 0) is 51.5 Å². The molecule has 80 valence electrons. The van der Waals surface area contributed by atoms with E-state index in [1.54, 1.807) is 0 Å². The van der Waals surface area contributed by atoms with E-state index in [4.69, 9.17) is 5.73 Å². The summed E-state index contributed by atoms with van der Waals surface area (Å²) in [6.07, 6.45) is 6.00. The molecule has 0 radical (unpaired) electrons. The quantitative estimate of drug-likeness (QED) is 0.670. The van der Waals surface area contributed by atoms with E-state index in [2.05, 4.69) is 39.8 Å². The van der Waals surface area contributed by atoms with Crippen LogP contribution in [0.15, 0.2) is 23.3 Å². The fraction of sp³-hybridized carbons (Fsp3) is 0.692. The molecule has 0 saturated heterocycles. The first-order chi connectivity index (χ1) is 6.54. The molecule has 0 bridgehead atoms. The first-order valence-corrected chi connectivity index (χ1v) is 5.58. The molecule has 1 nitrogen and oxygen atoms in total. The second-order valence-electron chi connectivity index (χ2n) is 4.86. The highest BCUT2D eigenvalue weighted by Gasteiger charge is 2.24. The second kappa shape index (κ2) is 4.79. The number of hydrogen-bond donors (Lipinski definition) is 1. The fourth-order valence-electron chi connectivity index (χ4n) is 2.22. The van der Waals surface area contributed by atoms with Gasteiger partial charge in [0.05, 0.1) is 0 Å². The smallest absolute Gasteiger partial charge is 0.000781 e. The van der Waals surface area contributed by atoms with Gasteiger partial charge in [-0.3, -0.25) is 0 Å². The Labute approximate surface area is 88.1 Å². The van der Waals surface area contributed by atoms with E-state index >= 15 is 0 Å². The Morgan fingerprint density at radius 1 is 1.57 bits per heavy atom. The normalized spacial score (nSPS) is 32.4. The molecule has 0 aromatic rings. The number of allylic oxidation sites excluding steroid dienone is 4. The van der Waals surface area contributed by atoms with Crippen molar-refractivity contribution >= 4 is 0 Å². The fourth-order valence-corrected chi connectivity index (χ4v) is 2.22. The maximum atomic E-state index is 5.82. The molecule has 0 fully saturated rings. The van der Waals surface area contributed by atoms with E-state index < -0.39 is 0 Å². The summed E-state index contributed by atoms with van der Waals surface area (Å²) in [4.78, 5) is 0. The Kier molecular flexibility index (Phi) is 3.94. The molecule has 0 spiro atoms. The van der Waals surface area contributed by atoms with Gasteiger partial charge in [0.2, 0.25) is 0 Å². The maximum absolute atomic E-state index is 5.82. The lowest BCUT2D eigenvalue weighted by Gasteiger charge is -2.31. The number of hydrogen-bond acceptors (Lipinski definition) is 1. The van der Waals surface area contributed by atoms with Crippen molar-refractivity contribution in [2.24, 2.45) is 23.5 Å². The van der Waals surface area contributed by atoms with Crippen LogP contribution in [0.2, 0.25) is 0 Å². The van der Waals surface area contributed by atoms with Crippen LogP contribution in [0, 0.1) is 17.8 Å². The van der Waals surface area contributed by atoms with Crippen molar-refractivity contribution in [1.82, 2.24) is 0 Å². The number of nitrogens with two attached hydrogens (primary N) is 1. The summed E-state index contributed by atoms with van der Waals surface area (Å²) >= 11 is 0. The molecule has 0 saturated carbocycles. The highest BCUT2D eigenvalue weighted by atomic mass is 14.6. The van der Waals surface area contributed by atoms with Crippen LogP contribution in [0.5, 0.6) is 0 Å². The molecule has 1 heteroatoms. The van der Waals surface area contributed by atoms with Crippen molar-refractivity contribution in [1.29, 1.82) is 0 Å². The van der Waals surface area contributed by atoms with Gasteiger partial charge in [-0.1, -0.05) is 30.2 Å². The van der Waals surface area contributed by atoms with E-state index in [1.807, 2.05) is 0 Å². The van der Waals surface area contributed by atoms with Gasteiger partial charge in [0.25, 0.3) is 0 Å². The highest BCUT2D eigenvalue weighted by molar-refractivity contribution is 5.17. The second-order valence-corrected chi connectivity index (χ2v) is 4.86. The largest absolute Gasteiger partial charge is 0.330 e. The van der Waals surface area contributed by atoms with Crippen molar-refractivity contribution in [3.05, 3.63) is 23.3 Å². The van der Waals surface area contributed by atoms with Gasteiger partial charge in [0, 0.05) is 0 Å². The summed E-state index contributed by atoms with van der Waals surface area (Å²) in [5, 5.41) is 0. The minimum atomic E-state index is 0.571. The predicted molar refractivity (Wildman–Crippen MR) is 63.0 cm³/mol. The topological polar surface area (TPSA) is 26.0 Å². The zero-order chi connectivity index (χ0) is 10.7. The van der Waals surface area contributed by atoms with Crippen molar-refractivity contribution < 1.29 is 0 Å². The van der Waals surface area contributed by atoms with Gasteiger partial charge < -0.3 is 5.73 Å². The molecule has 1 aliphatic carbocycles. The minimum absolute atomic E-state index is 0.571. The Balaban J connectivity index is 2.85. The van der Waals surface area contributed by atoms with Crippen LogP contribution in [0.25, 0.3) is 0 Å². The first kappa shape index (κ1) is 11.5. The third-order valence-electron chi connectivity index (χ3n) is 3.26. The van der Waals surface area contributed by atoms with Crippen LogP contribution in [0.3, 0.4) is 0 Å². The van der Waals surface area contributed by atoms with Gasteiger partial charge in [-0.25, -0.2) is 0 Å². The predicted octanol–water partition coefficient (Wildman–Crippen LogP) is 3.13. The summed E-state index contributed by atoms with van der Waals surface area (Å²) in [5.74, 6) is 1.93. The summed E-state index contributed by atoms with van der Waals surface area (Å²) in [6.45, 7) is 9.67. The molecule has 0 amide bonds. The van der Waals surface area contributed by atoms with Gasteiger partial charge >= 0.3 is 0 Å². The summed E-state index contributed by atoms with van der Waals surface area (Å²) < 4.78 is 0. The third kappa shape index (κ3) is 2.71. The van der Waals surface area contributed by atoms with Crippen molar-refractivity contribution in [3.8, 4) is 0 Å². The highest BCUT2D eigenvalue weighted by Crippen LogP contribution is 2.33. The van der Waals surface area contributed by atoms with E-state index in [9.17, 15) is 0 Å². The van der Waals surface area contributed by atoms with Gasteiger partial charge in [0.1, 0.15) is 0 Å². The lowest BCUT2D eigenvalue weighted by molar-refractivity contribution is 0.354. The Hall–Kier alpha value is -0.560. The summed E-state index contributed by atoms with van der Waals surface area (Å²) in [7, 11) is 0. The molecule has 0 aliphatic heterocycles. The molecule has 1 rings (SSSR count). The zero-order valence-corrected chi connectivity index (χ0v) is 9.88. The average molecular weight is 193 g/mol. The molecular formula is C13H23N. The van der Waals surface area contributed by atoms with E-state index in [0.717, 1.165) is 6.54 Å². The van der Waals surface area contributed by atoms with Gasteiger partial charge in [-0.2, -0.15) is 0 Å². The third-order valence-corrected chi connectivity index (χ3v) is 3.26. The molecule has 14 heavy (non-hydrogen) atoms. The van der Waals surface area contributed by atoms with Crippen LogP contribution >= 0.6 is 0 Å². The molecule has 0 aromatic heterocycles. The van der Waals surface area contributed by atoms with Crippen LogP contribution in [-0.4, -0.2) is 6.54 Å². The van der Waals surface area contributed by atoms with Gasteiger partial charge in [0.15, 0.2) is 0 Å². The van der Waals surface area contributed by atoms with Crippen molar-refractivity contribution in [2.45, 2.75) is 34.1 Å². The minimum Gasteiger partial charge on any atom is -0.330 e. The lowest BCUT2D eigenvalue weighted by atomic mass is 9.75. The summed E-state index contributed by atoms with van der Waals surface area (Å²) in [5.41, 5.74) is 8.74. The van der Waals surface area contributed by atoms with Crippen LogP contribution < -0.4 is 5.73 Å². The van der Waals surface area contributed by atoms with E-state index in [0.29, 0.717) is 17.8 Å². The Morgan fingerprint density at radius 2 is 2.21 bits per heavy atom. The molecule has 3 unspecified atom stereocenters. The Bertz CT molecular complexity index is 246. The van der Waals surface area contributed by atoms with Crippen molar-refractivity contribution in [3.63, 3.8) is 0 Å². The monoisotopic (exact) mass is 193 g/mol. The van der Waals surface area contributed by atoms with E-state index in [-0.39, 0.29) is 0 Å². The Morgan fingerprint density at radius 3 is 2.71 bits per heavy atom. The molecule has 3 atom stereocenters. The van der Waals surface area contributed by atoms with Crippen LogP contribution in [0.1, 0.15) is 34.1 Å². The van der Waals surface area contributed by atoms with E-state index in [1.165, 1.54) is 17.6 Å². The SMILES string of the molecule is CC(C)=CC1C=C(C)C(C)CC1CN. The maximum Gasteiger partial charge on any atom is -0.000781 e. The molecule has 2 N–H and O–H groups in total. The standard InChI is InChI=1S/C13H23N/c1-9(2)5-12-6-10(3)11(4)7-13(12)8-14/h5-6,11-13H,7-8,14H2,1-4H3. The molecular weight excluding hydrogens is 170 g/mol. The zero-order valence-electron chi connectivity index (χ0n) is 9.88. The molecule has 0 heterocycles. The van der Waals surface area contributed by atoms with Gasteiger partial charge in [-0.15, -0.1) is 0 Å². The number of rotatable bonds is 2. The average Bonchev–Trinajstić information content (AvgIpc) is 2.10. The van der Waals surface area contributed by atoms with Crippen LogP contribution in [0.4, 0.5) is 0 Å². The molecule has 0 aromatic carbocycles. The van der Waals surface area contributed by atoms with Crippen LogP contribution in [-0.2, 0) is 0 Å². The first-order valence-electron chi connectivity index (χ1n) is 5.58. The lowest BCUT2D eigenvalue weighted by Crippen LogP contribution is -2.27. The molecule has 1 aliphatic rings.